The maximum atomic E-state index is 12.3. The lowest BCUT2D eigenvalue weighted by Gasteiger charge is -2.34. The molecule has 1 aliphatic carbocycles. The van der Waals surface area contributed by atoms with Crippen LogP contribution < -0.4 is 5.32 Å². The molecule has 0 bridgehead atoms. The first-order valence-electron chi connectivity index (χ1n) is 7.41. The third-order valence-corrected chi connectivity index (χ3v) is 4.58. The van der Waals surface area contributed by atoms with Gasteiger partial charge in [-0.1, -0.05) is 38.8 Å². The highest BCUT2D eigenvalue weighted by Crippen LogP contribution is 2.29. The molecule has 1 aromatic carbocycles. The van der Waals surface area contributed by atoms with Crippen LogP contribution in [-0.2, 0) is 0 Å². The molecule has 20 heavy (non-hydrogen) atoms. The average molecular weight is 273 g/mol. The Morgan fingerprint density at radius 3 is 2.25 bits per heavy atom. The first-order valence-corrected chi connectivity index (χ1v) is 7.41. The standard InChI is InChI=1S/C17H23NO2/c1-11-5-4-6-16(12(11)2)18-17(20)15-9-7-14(8-10-15)13(3)19/h7-12,16H,4-6H2,1-3H3,(H,18,20)/t11-,12-,16-/m1/s1. The summed E-state index contributed by atoms with van der Waals surface area (Å²) >= 11 is 0. The van der Waals surface area contributed by atoms with E-state index < -0.39 is 0 Å². The van der Waals surface area contributed by atoms with Crippen LogP contribution in [0.5, 0.6) is 0 Å². The summed E-state index contributed by atoms with van der Waals surface area (Å²) in [5, 5.41) is 3.14. The van der Waals surface area contributed by atoms with Gasteiger partial charge in [0.1, 0.15) is 0 Å². The lowest BCUT2D eigenvalue weighted by atomic mass is 9.78. The summed E-state index contributed by atoms with van der Waals surface area (Å²) in [7, 11) is 0. The Labute approximate surface area is 120 Å². The van der Waals surface area contributed by atoms with Crippen LogP contribution in [0.3, 0.4) is 0 Å². The minimum atomic E-state index is -0.0361. The molecule has 0 aliphatic heterocycles. The number of hydrogen-bond acceptors (Lipinski definition) is 2. The molecule has 0 heterocycles. The molecule has 2 rings (SSSR count). The molecule has 1 saturated carbocycles. The highest BCUT2D eigenvalue weighted by molar-refractivity contribution is 5.97. The van der Waals surface area contributed by atoms with Crippen LogP contribution in [0, 0.1) is 11.8 Å². The zero-order valence-electron chi connectivity index (χ0n) is 12.5. The Morgan fingerprint density at radius 1 is 1.05 bits per heavy atom. The molecule has 3 heteroatoms. The van der Waals surface area contributed by atoms with Crippen molar-refractivity contribution >= 4 is 11.7 Å². The molecule has 0 spiro atoms. The molecule has 1 amide bonds. The molecule has 0 saturated heterocycles. The fourth-order valence-corrected chi connectivity index (χ4v) is 2.89. The minimum absolute atomic E-state index is 0.0201. The van der Waals surface area contributed by atoms with Crippen LogP contribution in [0.1, 0.15) is 60.7 Å². The Balaban J connectivity index is 2.02. The van der Waals surface area contributed by atoms with Crippen molar-refractivity contribution in [3.63, 3.8) is 0 Å². The molecular weight excluding hydrogens is 250 g/mol. The maximum Gasteiger partial charge on any atom is 0.251 e. The van der Waals surface area contributed by atoms with Crippen molar-refractivity contribution in [1.82, 2.24) is 5.32 Å². The third-order valence-electron chi connectivity index (χ3n) is 4.58. The van der Waals surface area contributed by atoms with Crippen LogP contribution in [0.2, 0.25) is 0 Å². The second-order valence-electron chi connectivity index (χ2n) is 5.98. The topological polar surface area (TPSA) is 46.2 Å². The van der Waals surface area contributed by atoms with E-state index in [1.165, 1.54) is 19.8 Å². The van der Waals surface area contributed by atoms with Gasteiger partial charge in [-0.3, -0.25) is 9.59 Å². The van der Waals surface area contributed by atoms with Gasteiger partial charge < -0.3 is 5.32 Å². The molecule has 1 fully saturated rings. The summed E-state index contributed by atoms with van der Waals surface area (Å²) in [5.74, 6) is 1.16. The molecule has 3 nitrogen and oxygen atoms in total. The molecule has 1 N–H and O–H groups in total. The molecule has 1 aromatic rings. The van der Waals surface area contributed by atoms with Crippen LogP contribution >= 0.6 is 0 Å². The normalized spacial score (nSPS) is 26.1. The van der Waals surface area contributed by atoms with Gasteiger partial charge in [-0.05, 0) is 37.3 Å². The van der Waals surface area contributed by atoms with Crippen LogP contribution in [0.25, 0.3) is 0 Å². The van der Waals surface area contributed by atoms with E-state index in [1.54, 1.807) is 24.3 Å². The number of ketones is 1. The largest absolute Gasteiger partial charge is 0.349 e. The van der Waals surface area contributed by atoms with Crippen molar-refractivity contribution in [2.75, 3.05) is 0 Å². The number of amides is 1. The lowest BCUT2D eigenvalue weighted by Crippen LogP contribution is -2.43. The third kappa shape index (κ3) is 3.27. The van der Waals surface area contributed by atoms with Crippen molar-refractivity contribution < 1.29 is 9.59 Å². The van der Waals surface area contributed by atoms with Gasteiger partial charge in [-0.2, -0.15) is 0 Å². The summed E-state index contributed by atoms with van der Waals surface area (Å²) in [6, 6.07) is 7.14. The van der Waals surface area contributed by atoms with E-state index in [4.69, 9.17) is 0 Å². The van der Waals surface area contributed by atoms with Crippen molar-refractivity contribution in [1.29, 1.82) is 0 Å². The van der Waals surface area contributed by atoms with Gasteiger partial charge >= 0.3 is 0 Å². The van der Waals surface area contributed by atoms with Crippen molar-refractivity contribution in [2.45, 2.75) is 46.1 Å². The predicted octanol–water partition coefficient (Wildman–Crippen LogP) is 3.44. The number of nitrogens with one attached hydrogen (secondary N) is 1. The van der Waals surface area contributed by atoms with E-state index in [0.717, 1.165) is 6.42 Å². The summed E-state index contributed by atoms with van der Waals surface area (Å²) in [4.78, 5) is 23.5. The average Bonchev–Trinajstić information content (AvgIpc) is 2.44. The van der Waals surface area contributed by atoms with Crippen molar-refractivity contribution in [2.24, 2.45) is 11.8 Å². The maximum absolute atomic E-state index is 12.3. The van der Waals surface area contributed by atoms with Crippen molar-refractivity contribution in [3.05, 3.63) is 35.4 Å². The Bertz CT molecular complexity index is 492. The van der Waals surface area contributed by atoms with Crippen molar-refractivity contribution in [3.8, 4) is 0 Å². The number of rotatable bonds is 3. The first-order chi connectivity index (χ1) is 9.49. The molecule has 0 unspecified atom stereocenters. The van der Waals surface area contributed by atoms with Gasteiger partial charge in [-0.25, -0.2) is 0 Å². The molecule has 1 aliphatic rings. The van der Waals surface area contributed by atoms with Crippen LogP contribution in [0.4, 0.5) is 0 Å². The molecule has 0 aromatic heterocycles. The second-order valence-corrected chi connectivity index (χ2v) is 5.98. The smallest absolute Gasteiger partial charge is 0.251 e. The highest BCUT2D eigenvalue weighted by Gasteiger charge is 2.28. The Kier molecular flexibility index (Phi) is 4.58. The number of carbonyl (C=O) groups excluding carboxylic acids is 2. The summed E-state index contributed by atoms with van der Waals surface area (Å²) < 4.78 is 0. The lowest BCUT2D eigenvalue weighted by molar-refractivity contribution is 0.0890. The minimum Gasteiger partial charge on any atom is -0.349 e. The van der Waals surface area contributed by atoms with Crippen LogP contribution in [0.15, 0.2) is 24.3 Å². The number of carbonyl (C=O) groups is 2. The fourth-order valence-electron chi connectivity index (χ4n) is 2.89. The monoisotopic (exact) mass is 273 g/mol. The van der Waals surface area contributed by atoms with Gasteiger partial charge in [0.05, 0.1) is 0 Å². The molecule has 0 radical (unpaired) electrons. The number of benzene rings is 1. The van der Waals surface area contributed by atoms with Gasteiger partial charge in [0, 0.05) is 17.2 Å². The van der Waals surface area contributed by atoms with E-state index in [2.05, 4.69) is 19.2 Å². The van der Waals surface area contributed by atoms with E-state index in [9.17, 15) is 9.59 Å². The molecule has 3 atom stereocenters. The van der Waals surface area contributed by atoms with E-state index in [-0.39, 0.29) is 17.7 Å². The van der Waals surface area contributed by atoms with Gasteiger partial charge in [0.25, 0.3) is 5.91 Å². The second kappa shape index (κ2) is 6.21. The highest BCUT2D eigenvalue weighted by atomic mass is 16.1. The zero-order chi connectivity index (χ0) is 14.7. The van der Waals surface area contributed by atoms with E-state index in [1.807, 2.05) is 0 Å². The molecular formula is C17H23NO2. The van der Waals surface area contributed by atoms with E-state index >= 15 is 0 Å². The Hall–Kier alpha value is -1.64. The quantitative estimate of drug-likeness (QED) is 0.857. The SMILES string of the molecule is CC(=O)c1ccc(C(=O)N[C@@H]2CCC[C@@H](C)[C@H]2C)cc1. The number of Topliss-reactive ketones (excluding diaryl/α,β-unsaturated/α-hetero) is 1. The predicted molar refractivity (Wildman–Crippen MR) is 79.9 cm³/mol. The summed E-state index contributed by atoms with van der Waals surface area (Å²) in [5.41, 5.74) is 1.27. The Morgan fingerprint density at radius 2 is 1.65 bits per heavy atom. The first kappa shape index (κ1) is 14.8. The number of hydrogen-bond donors (Lipinski definition) is 1. The van der Waals surface area contributed by atoms with Gasteiger partial charge in [0.15, 0.2) is 5.78 Å². The zero-order valence-corrected chi connectivity index (χ0v) is 12.5. The van der Waals surface area contributed by atoms with Gasteiger partial charge in [0.2, 0.25) is 0 Å². The van der Waals surface area contributed by atoms with E-state index in [0.29, 0.717) is 23.0 Å². The fraction of sp³-hybridized carbons (Fsp3) is 0.529. The summed E-state index contributed by atoms with van der Waals surface area (Å²) in [6.07, 6.45) is 3.49. The summed E-state index contributed by atoms with van der Waals surface area (Å²) in [6.45, 7) is 6.00. The molecule has 108 valence electrons. The van der Waals surface area contributed by atoms with Gasteiger partial charge in [-0.15, -0.1) is 0 Å². The van der Waals surface area contributed by atoms with Crippen LogP contribution in [-0.4, -0.2) is 17.7 Å².